The average Bonchev–Trinajstić information content (AvgIpc) is 2.79. The molecule has 34 heavy (non-hydrogen) atoms. The molecule has 0 bridgehead atoms. The van der Waals surface area contributed by atoms with Gasteiger partial charge in [0.1, 0.15) is 12.6 Å². The molecule has 186 valence electrons. The number of carbonyl (C=O) groups excluding carboxylic acids is 2. The van der Waals surface area contributed by atoms with Crippen LogP contribution in [0, 0.1) is 5.92 Å². The molecule has 7 nitrogen and oxygen atoms in total. The van der Waals surface area contributed by atoms with E-state index in [-0.39, 0.29) is 11.8 Å². The van der Waals surface area contributed by atoms with Gasteiger partial charge in [-0.15, -0.1) is 0 Å². The molecule has 0 aromatic heterocycles. The van der Waals surface area contributed by atoms with Crippen LogP contribution >= 0.6 is 15.9 Å². The van der Waals surface area contributed by atoms with Crippen LogP contribution in [0.5, 0.6) is 0 Å². The highest BCUT2D eigenvalue weighted by Crippen LogP contribution is 2.27. The van der Waals surface area contributed by atoms with Gasteiger partial charge in [-0.3, -0.25) is 13.9 Å². The Morgan fingerprint density at radius 3 is 2.21 bits per heavy atom. The molecule has 2 aromatic rings. The van der Waals surface area contributed by atoms with E-state index in [9.17, 15) is 18.0 Å². The van der Waals surface area contributed by atoms with Crippen molar-refractivity contribution in [2.45, 2.75) is 39.7 Å². The van der Waals surface area contributed by atoms with E-state index in [0.29, 0.717) is 36.1 Å². The third-order valence-corrected chi connectivity index (χ3v) is 7.15. The topological polar surface area (TPSA) is 86.8 Å². The van der Waals surface area contributed by atoms with Gasteiger partial charge in [-0.2, -0.15) is 0 Å². The summed E-state index contributed by atoms with van der Waals surface area (Å²) < 4.78 is 26.9. The maximum absolute atomic E-state index is 13.6. The number of nitrogens with zero attached hydrogens (tertiary/aromatic N) is 2. The Hall–Kier alpha value is -2.39. The van der Waals surface area contributed by atoms with Crippen LogP contribution in [0.1, 0.15) is 32.8 Å². The molecule has 0 aliphatic rings. The van der Waals surface area contributed by atoms with E-state index in [1.54, 1.807) is 24.3 Å². The van der Waals surface area contributed by atoms with Crippen molar-refractivity contribution >= 4 is 43.5 Å². The lowest BCUT2D eigenvalue weighted by atomic mass is 10.1. The van der Waals surface area contributed by atoms with Gasteiger partial charge >= 0.3 is 0 Å². The van der Waals surface area contributed by atoms with Crippen LogP contribution in [0.3, 0.4) is 0 Å². The second-order valence-corrected chi connectivity index (χ2v) is 11.4. The SMILES string of the molecule is CC[C@H](C(=O)NCC(C)C)N(CCc1ccccc1)C(=O)CN(c1ccccc1Br)S(C)(=O)=O. The predicted octanol–water partition coefficient (Wildman–Crippen LogP) is 3.84. The number of anilines is 1. The summed E-state index contributed by atoms with van der Waals surface area (Å²) in [5.74, 6) is -0.390. The first-order valence-corrected chi connectivity index (χ1v) is 14.0. The van der Waals surface area contributed by atoms with Crippen molar-refractivity contribution in [3.05, 3.63) is 64.6 Å². The second-order valence-electron chi connectivity index (χ2n) is 8.61. The molecule has 1 atom stereocenters. The Labute approximate surface area is 211 Å². The van der Waals surface area contributed by atoms with E-state index in [4.69, 9.17) is 0 Å². The lowest BCUT2D eigenvalue weighted by Gasteiger charge is -2.33. The van der Waals surface area contributed by atoms with Gasteiger partial charge in [0.15, 0.2) is 0 Å². The van der Waals surface area contributed by atoms with Crippen LogP contribution in [0.4, 0.5) is 5.69 Å². The van der Waals surface area contributed by atoms with E-state index in [2.05, 4.69) is 21.2 Å². The third kappa shape index (κ3) is 8.13. The second kappa shape index (κ2) is 12.9. The molecular formula is C25H34BrN3O4S. The fourth-order valence-electron chi connectivity index (χ4n) is 3.57. The molecule has 0 spiro atoms. The fourth-order valence-corrected chi connectivity index (χ4v) is 5.04. The Bertz CT molecular complexity index is 1060. The highest BCUT2D eigenvalue weighted by Gasteiger charge is 2.31. The molecule has 0 aliphatic heterocycles. The maximum atomic E-state index is 13.6. The summed E-state index contributed by atoms with van der Waals surface area (Å²) in [6.45, 7) is 6.25. The fraction of sp³-hybridized carbons (Fsp3) is 0.440. The number of hydrogen-bond acceptors (Lipinski definition) is 4. The van der Waals surface area contributed by atoms with Crippen molar-refractivity contribution in [3.8, 4) is 0 Å². The van der Waals surface area contributed by atoms with E-state index in [1.165, 1.54) is 4.90 Å². The monoisotopic (exact) mass is 551 g/mol. The summed E-state index contributed by atoms with van der Waals surface area (Å²) in [6, 6.07) is 15.8. The van der Waals surface area contributed by atoms with Crippen LogP contribution in [0.2, 0.25) is 0 Å². The van der Waals surface area contributed by atoms with Gasteiger partial charge in [-0.05, 0) is 52.4 Å². The largest absolute Gasteiger partial charge is 0.354 e. The Morgan fingerprint density at radius 1 is 1.03 bits per heavy atom. The van der Waals surface area contributed by atoms with Crippen LogP contribution in [-0.4, -0.2) is 57.1 Å². The van der Waals surface area contributed by atoms with Gasteiger partial charge in [0, 0.05) is 17.6 Å². The van der Waals surface area contributed by atoms with Gasteiger partial charge < -0.3 is 10.2 Å². The van der Waals surface area contributed by atoms with Crippen molar-refractivity contribution in [3.63, 3.8) is 0 Å². The molecule has 0 aliphatic carbocycles. The van der Waals surface area contributed by atoms with Crippen molar-refractivity contribution in [1.29, 1.82) is 0 Å². The molecule has 0 saturated heterocycles. The number of nitrogens with one attached hydrogen (secondary N) is 1. The number of rotatable bonds is 12. The first kappa shape index (κ1) is 27.9. The standard InChI is InChI=1S/C25H34BrN3O4S/c1-5-22(25(31)27-17-19(2)3)28(16-15-20-11-7-6-8-12-20)24(30)18-29(34(4,32)33)23-14-10-9-13-21(23)26/h6-14,19,22H,5,15-18H2,1-4H3,(H,27,31)/t22-/m1/s1. The van der Waals surface area contributed by atoms with E-state index >= 15 is 0 Å². The lowest BCUT2D eigenvalue weighted by Crippen LogP contribution is -2.53. The van der Waals surface area contributed by atoms with Gasteiger partial charge in [-0.1, -0.05) is 63.2 Å². The van der Waals surface area contributed by atoms with Crippen LogP contribution in [-0.2, 0) is 26.0 Å². The number of halogens is 1. The zero-order valence-electron chi connectivity index (χ0n) is 20.2. The molecule has 0 radical (unpaired) electrons. The molecule has 2 amide bonds. The number of hydrogen-bond donors (Lipinski definition) is 1. The third-order valence-electron chi connectivity index (χ3n) is 5.36. The minimum atomic E-state index is -3.76. The van der Waals surface area contributed by atoms with Crippen molar-refractivity contribution in [2.75, 3.05) is 30.2 Å². The number of benzene rings is 2. The van der Waals surface area contributed by atoms with E-state index in [1.807, 2.05) is 51.1 Å². The first-order valence-electron chi connectivity index (χ1n) is 11.4. The zero-order chi connectivity index (χ0) is 25.3. The summed E-state index contributed by atoms with van der Waals surface area (Å²) in [7, 11) is -3.76. The van der Waals surface area contributed by atoms with Crippen LogP contribution in [0.15, 0.2) is 59.1 Å². The number of sulfonamides is 1. The Kier molecular flexibility index (Phi) is 10.6. The van der Waals surface area contributed by atoms with Gasteiger partial charge in [0.2, 0.25) is 21.8 Å². The predicted molar refractivity (Wildman–Crippen MR) is 140 cm³/mol. The number of amides is 2. The summed E-state index contributed by atoms with van der Waals surface area (Å²) >= 11 is 3.38. The molecular weight excluding hydrogens is 518 g/mol. The molecule has 0 fully saturated rings. The number of para-hydroxylation sites is 1. The van der Waals surface area contributed by atoms with Gasteiger partial charge in [0.25, 0.3) is 0 Å². The highest BCUT2D eigenvalue weighted by molar-refractivity contribution is 9.10. The minimum absolute atomic E-state index is 0.232. The zero-order valence-corrected chi connectivity index (χ0v) is 22.6. The average molecular weight is 553 g/mol. The summed E-state index contributed by atoms with van der Waals surface area (Å²) in [5, 5.41) is 2.92. The van der Waals surface area contributed by atoms with Crippen LogP contribution < -0.4 is 9.62 Å². The number of carbonyl (C=O) groups is 2. The lowest BCUT2D eigenvalue weighted by molar-refractivity contribution is -0.139. The van der Waals surface area contributed by atoms with E-state index in [0.717, 1.165) is 16.1 Å². The molecule has 2 aromatic carbocycles. The normalized spacial score (nSPS) is 12.3. The summed E-state index contributed by atoms with van der Waals surface area (Å²) in [4.78, 5) is 28.1. The molecule has 0 heterocycles. The van der Waals surface area contributed by atoms with Crippen LogP contribution in [0.25, 0.3) is 0 Å². The smallest absolute Gasteiger partial charge is 0.244 e. The van der Waals surface area contributed by atoms with Crippen molar-refractivity contribution in [2.24, 2.45) is 5.92 Å². The molecule has 0 unspecified atom stereocenters. The van der Waals surface area contributed by atoms with E-state index < -0.39 is 28.5 Å². The quantitative estimate of drug-likeness (QED) is 0.434. The minimum Gasteiger partial charge on any atom is -0.354 e. The first-order chi connectivity index (χ1) is 16.0. The van der Waals surface area contributed by atoms with Gasteiger partial charge in [0.05, 0.1) is 11.9 Å². The van der Waals surface area contributed by atoms with Crippen molar-refractivity contribution < 1.29 is 18.0 Å². The Morgan fingerprint density at radius 2 is 1.65 bits per heavy atom. The van der Waals surface area contributed by atoms with Gasteiger partial charge in [-0.25, -0.2) is 8.42 Å². The summed E-state index contributed by atoms with van der Waals surface area (Å²) in [5.41, 5.74) is 1.40. The molecule has 9 heteroatoms. The molecule has 0 saturated carbocycles. The maximum Gasteiger partial charge on any atom is 0.244 e. The highest BCUT2D eigenvalue weighted by atomic mass is 79.9. The summed E-state index contributed by atoms with van der Waals surface area (Å²) in [6.07, 6.45) is 2.04. The molecule has 1 N–H and O–H groups in total. The Balaban J connectivity index is 2.35. The van der Waals surface area contributed by atoms with Crippen molar-refractivity contribution in [1.82, 2.24) is 10.2 Å². The molecule has 2 rings (SSSR count).